The molecule has 2 amide bonds. The van der Waals surface area contributed by atoms with Gasteiger partial charge in [-0.2, -0.15) is 13.2 Å². The first-order valence-corrected chi connectivity index (χ1v) is 17.4. The second-order valence-corrected chi connectivity index (χ2v) is 15.3. The Morgan fingerprint density at radius 1 is 0.837 bits per heavy atom. The van der Waals surface area contributed by atoms with Gasteiger partial charge in [0.25, 0.3) is 10.0 Å². The van der Waals surface area contributed by atoms with E-state index in [2.05, 4.69) is 5.32 Å². The van der Waals surface area contributed by atoms with Gasteiger partial charge in [-0.15, -0.1) is 0 Å². The predicted molar refractivity (Wildman–Crippen MR) is 186 cm³/mol. The highest BCUT2D eigenvalue weighted by molar-refractivity contribution is 7.92. The fourth-order valence-corrected chi connectivity index (χ4v) is 6.80. The molecule has 49 heavy (non-hydrogen) atoms. The second kappa shape index (κ2) is 15.2. The van der Waals surface area contributed by atoms with Crippen molar-refractivity contribution < 1.29 is 31.2 Å². The zero-order valence-electron chi connectivity index (χ0n) is 27.3. The molecule has 0 fully saturated rings. The first-order valence-electron chi connectivity index (χ1n) is 15.2. The lowest BCUT2D eigenvalue weighted by Gasteiger charge is -2.35. The fraction of sp³-hybridized carbons (Fsp3) is 0.278. The Morgan fingerprint density at radius 2 is 1.45 bits per heavy atom. The molecule has 0 saturated heterocycles. The lowest BCUT2D eigenvalue weighted by molar-refractivity contribution is -0.140. The summed E-state index contributed by atoms with van der Waals surface area (Å²) in [6, 6.07) is 22.7. The van der Waals surface area contributed by atoms with E-state index < -0.39 is 62.4 Å². The van der Waals surface area contributed by atoms with Crippen molar-refractivity contribution in [2.45, 2.75) is 63.3 Å². The van der Waals surface area contributed by atoms with Crippen molar-refractivity contribution in [2.75, 3.05) is 10.8 Å². The van der Waals surface area contributed by atoms with E-state index in [1.165, 1.54) is 29.2 Å². The lowest BCUT2D eigenvalue weighted by Crippen LogP contribution is -2.56. The quantitative estimate of drug-likeness (QED) is 0.169. The van der Waals surface area contributed by atoms with Crippen LogP contribution in [0.2, 0.25) is 10.0 Å². The van der Waals surface area contributed by atoms with E-state index in [-0.39, 0.29) is 17.9 Å². The topological polar surface area (TPSA) is 86.8 Å². The highest BCUT2D eigenvalue weighted by Crippen LogP contribution is 2.38. The van der Waals surface area contributed by atoms with Crippen LogP contribution in [0, 0.1) is 6.92 Å². The molecule has 1 atom stereocenters. The van der Waals surface area contributed by atoms with Gasteiger partial charge in [-0.3, -0.25) is 13.9 Å². The molecule has 0 radical (unpaired) electrons. The number of rotatable bonds is 11. The average Bonchev–Trinajstić information content (AvgIpc) is 3.02. The number of hydrogen-bond donors (Lipinski definition) is 1. The first-order chi connectivity index (χ1) is 22.8. The van der Waals surface area contributed by atoms with E-state index in [0.29, 0.717) is 21.0 Å². The number of nitrogens with one attached hydrogen (secondary N) is 1. The number of alkyl halides is 3. The lowest BCUT2D eigenvalue weighted by atomic mass is 10.0. The number of benzene rings is 4. The number of halogens is 5. The van der Waals surface area contributed by atoms with Gasteiger partial charge in [0, 0.05) is 23.5 Å². The van der Waals surface area contributed by atoms with Gasteiger partial charge in [-0.25, -0.2) is 8.42 Å². The zero-order valence-corrected chi connectivity index (χ0v) is 29.6. The van der Waals surface area contributed by atoms with Crippen LogP contribution in [-0.4, -0.2) is 43.3 Å². The third kappa shape index (κ3) is 9.99. The molecule has 0 bridgehead atoms. The summed E-state index contributed by atoms with van der Waals surface area (Å²) in [6.45, 7) is 6.02. The molecule has 0 spiro atoms. The molecule has 0 saturated carbocycles. The average molecular weight is 735 g/mol. The Morgan fingerprint density at radius 3 is 2.02 bits per heavy atom. The predicted octanol–water partition coefficient (Wildman–Crippen LogP) is 8.07. The van der Waals surface area contributed by atoms with Crippen LogP contribution in [0.4, 0.5) is 18.9 Å². The normalized spacial score (nSPS) is 12.7. The Hall–Kier alpha value is -4.06. The molecule has 260 valence electrons. The largest absolute Gasteiger partial charge is 0.417 e. The number of carbonyl (C=O) groups is 2. The third-order valence-corrected chi connectivity index (χ3v) is 9.84. The van der Waals surface area contributed by atoms with Gasteiger partial charge in [0.15, 0.2) is 0 Å². The number of amides is 2. The van der Waals surface area contributed by atoms with Crippen LogP contribution in [0.5, 0.6) is 0 Å². The molecule has 0 unspecified atom stereocenters. The van der Waals surface area contributed by atoms with Crippen molar-refractivity contribution in [3.05, 3.63) is 129 Å². The Bertz CT molecular complexity index is 1880. The molecule has 0 heterocycles. The van der Waals surface area contributed by atoms with E-state index >= 15 is 0 Å². The van der Waals surface area contributed by atoms with Gasteiger partial charge < -0.3 is 10.2 Å². The molecule has 0 aliphatic rings. The summed E-state index contributed by atoms with van der Waals surface area (Å²) in [5.41, 5.74) is -0.349. The van der Waals surface area contributed by atoms with Gasteiger partial charge >= 0.3 is 6.18 Å². The highest BCUT2D eigenvalue weighted by atomic mass is 35.5. The van der Waals surface area contributed by atoms with Crippen LogP contribution in [0.1, 0.15) is 43.0 Å². The Balaban J connectivity index is 1.88. The van der Waals surface area contributed by atoms with E-state index in [1.54, 1.807) is 82.3 Å². The summed E-state index contributed by atoms with van der Waals surface area (Å²) in [5, 5.41) is 2.72. The van der Waals surface area contributed by atoms with Crippen molar-refractivity contribution in [1.29, 1.82) is 0 Å². The maximum absolute atomic E-state index is 14.5. The van der Waals surface area contributed by atoms with Gasteiger partial charge in [0.05, 0.1) is 21.2 Å². The summed E-state index contributed by atoms with van der Waals surface area (Å²) in [7, 11) is -4.63. The molecule has 4 rings (SSSR count). The summed E-state index contributed by atoms with van der Waals surface area (Å²) < 4.78 is 70.9. The van der Waals surface area contributed by atoms with E-state index in [4.69, 9.17) is 23.2 Å². The minimum Gasteiger partial charge on any atom is -0.350 e. The molecule has 1 N–H and O–H groups in total. The van der Waals surface area contributed by atoms with Crippen LogP contribution >= 0.6 is 23.2 Å². The van der Waals surface area contributed by atoms with Gasteiger partial charge in [-0.05, 0) is 81.3 Å². The summed E-state index contributed by atoms with van der Waals surface area (Å²) >= 11 is 12.0. The Labute approximate surface area is 294 Å². The maximum Gasteiger partial charge on any atom is 0.417 e. The monoisotopic (exact) mass is 733 g/mol. The molecule has 0 aliphatic heterocycles. The number of sulfonamides is 1. The minimum atomic E-state index is -4.91. The second-order valence-electron chi connectivity index (χ2n) is 12.6. The van der Waals surface area contributed by atoms with Crippen molar-refractivity contribution in [2.24, 2.45) is 0 Å². The van der Waals surface area contributed by atoms with Crippen molar-refractivity contribution >= 4 is 50.7 Å². The first kappa shape index (κ1) is 37.8. The number of aryl methyl sites for hydroxylation is 1. The summed E-state index contributed by atoms with van der Waals surface area (Å²) in [5.74, 6) is -1.34. The molecule has 13 heteroatoms. The zero-order chi connectivity index (χ0) is 36.1. The smallest absolute Gasteiger partial charge is 0.350 e. The summed E-state index contributed by atoms with van der Waals surface area (Å²) in [6.07, 6.45) is -4.85. The number of hydrogen-bond acceptors (Lipinski definition) is 4. The van der Waals surface area contributed by atoms with Crippen molar-refractivity contribution in [1.82, 2.24) is 10.2 Å². The molecule has 4 aromatic rings. The summed E-state index contributed by atoms with van der Waals surface area (Å²) in [4.78, 5) is 29.5. The minimum absolute atomic E-state index is 0.0615. The van der Waals surface area contributed by atoms with E-state index in [9.17, 15) is 31.2 Å². The standard InChI is InChI=1S/C36H36Cl2F3N3O4S/c1-24-10-17-29(18-11-24)49(47,48)44(28-16-19-31(38)30(21-28)36(39,40)41)23-33(45)43(22-26-12-14-27(37)15-13-26)32(34(46)42-35(2,3)4)20-25-8-6-5-7-9-25/h5-19,21,32H,20,22-23H2,1-4H3,(H,42,46)/t32-/m0/s1. The number of nitrogens with zero attached hydrogens (tertiary/aromatic N) is 2. The SMILES string of the molecule is Cc1ccc(S(=O)(=O)N(CC(=O)N(Cc2ccc(Cl)cc2)[C@@H](Cc2ccccc2)C(=O)NC(C)(C)C)c2ccc(Cl)c(C(F)(F)F)c2)cc1. The molecular formula is C36H36Cl2F3N3O4S. The van der Waals surface area contributed by atoms with Crippen LogP contribution in [0.3, 0.4) is 0 Å². The van der Waals surface area contributed by atoms with Gasteiger partial charge in [0.2, 0.25) is 11.8 Å². The molecular weight excluding hydrogens is 698 g/mol. The molecule has 7 nitrogen and oxygen atoms in total. The van der Waals surface area contributed by atoms with Gasteiger partial charge in [0.1, 0.15) is 12.6 Å². The van der Waals surface area contributed by atoms with Crippen LogP contribution in [0.15, 0.2) is 102 Å². The van der Waals surface area contributed by atoms with Gasteiger partial charge in [-0.1, -0.05) is 83.4 Å². The van der Waals surface area contributed by atoms with Crippen molar-refractivity contribution in [3.63, 3.8) is 0 Å². The van der Waals surface area contributed by atoms with E-state index in [0.717, 1.165) is 23.3 Å². The number of anilines is 1. The third-order valence-electron chi connectivity index (χ3n) is 7.47. The van der Waals surface area contributed by atoms with E-state index in [1.807, 2.05) is 0 Å². The number of carbonyl (C=O) groups excluding carboxylic acids is 2. The van der Waals surface area contributed by atoms with Crippen molar-refractivity contribution in [3.8, 4) is 0 Å². The van der Waals surface area contributed by atoms with Crippen LogP contribution in [-0.2, 0) is 38.8 Å². The fourth-order valence-electron chi connectivity index (χ4n) is 5.05. The molecule has 0 aliphatic carbocycles. The van der Waals surface area contributed by atoms with Crippen LogP contribution < -0.4 is 9.62 Å². The highest BCUT2D eigenvalue weighted by Gasteiger charge is 2.38. The molecule has 0 aromatic heterocycles. The molecule has 4 aromatic carbocycles. The maximum atomic E-state index is 14.5. The van der Waals surface area contributed by atoms with Crippen LogP contribution in [0.25, 0.3) is 0 Å². The Kier molecular flexibility index (Phi) is 11.7.